The zero-order chi connectivity index (χ0) is 14.0. The van der Waals surface area contributed by atoms with Gasteiger partial charge in [0.25, 0.3) is 0 Å². The van der Waals surface area contributed by atoms with E-state index in [1.807, 2.05) is 13.1 Å². The van der Waals surface area contributed by atoms with E-state index in [0.717, 1.165) is 30.9 Å². The largest absolute Gasteiger partial charge is 0.486 e. The highest BCUT2D eigenvalue weighted by molar-refractivity contribution is 5.45. The molecule has 0 aromatic heterocycles. The van der Waals surface area contributed by atoms with Crippen molar-refractivity contribution in [3.8, 4) is 11.5 Å². The Hall–Kier alpha value is -1.26. The summed E-state index contributed by atoms with van der Waals surface area (Å²) in [5.74, 6) is 1.68. The third-order valence-corrected chi connectivity index (χ3v) is 4.30. The first-order chi connectivity index (χ1) is 9.73. The molecule has 4 nitrogen and oxygen atoms in total. The standard InChI is InChI=1S/C16H23NO3/c1-16(7-3-4-8-20-16)15(17-2)12-5-6-13-14(11-12)19-10-9-18-13/h5-6,11,15,17H,3-4,7-10H2,1-2H3. The van der Waals surface area contributed by atoms with E-state index in [1.165, 1.54) is 12.0 Å². The molecule has 20 heavy (non-hydrogen) atoms. The molecule has 1 fully saturated rings. The molecule has 0 aliphatic carbocycles. The average Bonchev–Trinajstić information content (AvgIpc) is 2.48. The molecule has 4 heteroatoms. The molecule has 0 bridgehead atoms. The van der Waals surface area contributed by atoms with Crippen LogP contribution in [0.25, 0.3) is 0 Å². The Morgan fingerprint density at radius 2 is 1.90 bits per heavy atom. The van der Waals surface area contributed by atoms with Crippen molar-refractivity contribution in [1.29, 1.82) is 0 Å². The normalized spacial score (nSPS) is 27.1. The van der Waals surface area contributed by atoms with Gasteiger partial charge in [-0.2, -0.15) is 0 Å². The fourth-order valence-electron chi connectivity index (χ4n) is 3.25. The monoisotopic (exact) mass is 277 g/mol. The van der Waals surface area contributed by atoms with Crippen LogP contribution in [0.4, 0.5) is 0 Å². The molecule has 2 atom stereocenters. The second-order valence-electron chi connectivity index (χ2n) is 5.74. The first kappa shape index (κ1) is 13.7. The fourth-order valence-corrected chi connectivity index (χ4v) is 3.25. The quantitative estimate of drug-likeness (QED) is 0.922. The van der Waals surface area contributed by atoms with E-state index in [-0.39, 0.29) is 11.6 Å². The molecule has 0 spiro atoms. The van der Waals surface area contributed by atoms with Crippen LogP contribution in [0.5, 0.6) is 11.5 Å². The Morgan fingerprint density at radius 1 is 1.10 bits per heavy atom. The molecule has 1 N–H and O–H groups in total. The molecule has 110 valence electrons. The molecular formula is C16H23NO3. The van der Waals surface area contributed by atoms with Crippen LogP contribution >= 0.6 is 0 Å². The zero-order valence-corrected chi connectivity index (χ0v) is 12.3. The van der Waals surface area contributed by atoms with Gasteiger partial charge >= 0.3 is 0 Å². The Balaban J connectivity index is 1.88. The van der Waals surface area contributed by atoms with Crippen LogP contribution in [0.3, 0.4) is 0 Å². The summed E-state index contributed by atoms with van der Waals surface area (Å²) >= 11 is 0. The van der Waals surface area contributed by atoms with E-state index >= 15 is 0 Å². The van der Waals surface area contributed by atoms with Crippen LogP contribution in [0.1, 0.15) is 37.8 Å². The topological polar surface area (TPSA) is 39.7 Å². The maximum Gasteiger partial charge on any atom is 0.161 e. The molecule has 0 amide bonds. The van der Waals surface area contributed by atoms with Crippen molar-refractivity contribution in [2.45, 2.75) is 37.8 Å². The summed E-state index contributed by atoms with van der Waals surface area (Å²) in [6.07, 6.45) is 3.46. The van der Waals surface area contributed by atoms with Crippen molar-refractivity contribution >= 4 is 0 Å². The predicted molar refractivity (Wildman–Crippen MR) is 77.4 cm³/mol. The van der Waals surface area contributed by atoms with Gasteiger partial charge in [-0.25, -0.2) is 0 Å². The van der Waals surface area contributed by atoms with Crippen LogP contribution in [0.15, 0.2) is 18.2 Å². The average molecular weight is 277 g/mol. The van der Waals surface area contributed by atoms with Crippen LogP contribution in [0.2, 0.25) is 0 Å². The van der Waals surface area contributed by atoms with Gasteiger partial charge in [-0.3, -0.25) is 0 Å². The third-order valence-electron chi connectivity index (χ3n) is 4.30. The van der Waals surface area contributed by atoms with Gasteiger partial charge in [-0.05, 0) is 50.9 Å². The number of fused-ring (bicyclic) bond motifs is 1. The Morgan fingerprint density at radius 3 is 2.60 bits per heavy atom. The highest BCUT2D eigenvalue weighted by Gasteiger charge is 2.37. The lowest BCUT2D eigenvalue weighted by Crippen LogP contribution is -2.44. The lowest BCUT2D eigenvalue weighted by molar-refractivity contribution is -0.0885. The number of hydrogen-bond donors (Lipinski definition) is 1. The number of rotatable bonds is 3. The Kier molecular flexibility index (Phi) is 3.85. The SMILES string of the molecule is CNC(c1ccc2c(c1)OCCO2)C1(C)CCCCO1. The van der Waals surface area contributed by atoms with Crippen LogP contribution in [-0.4, -0.2) is 32.5 Å². The maximum absolute atomic E-state index is 6.08. The molecule has 2 aliphatic heterocycles. The van der Waals surface area contributed by atoms with E-state index < -0.39 is 0 Å². The third kappa shape index (κ3) is 2.50. The summed E-state index contributed by atoms with van der Waals surface area (Å²) in [5.41, 5.74) is 1.04. The van der Waals surface area contributed by atoms with Crippen molar-refractivity contribution < 1.29 is 14.2 Å². The fraction of sp³-hybridized carbons (Fsp3) is 0.625. The van der Waals surface area contributed by atoms with Gasteiger partial charge in [0.1, 0.15) is 13.2 Å². The number of nitrogens with one attached hydrogen (secondary N) is 1. The Bertz CT molecular complexity index is 469. The summed E-state index contributed by atoms with van der Waals surface area (Å²) < 4.78 is 17.4. The Labute approximate surface area is 120 Å². The van der Waals surface area contributed by atoms with E-state index in [4.69, 9.17) is 14.2 Å². The molecular weight excluding hydrogens is 254 g/mol. The van der Waals surface area contributed by atoms with Crippen molar-refractivity contribution in [3.05, 3.63) is 23.8 Å². The minimum atomic E-state index is -0.156. The number of ether oxygens (including phenoxy) is 3. The van der Waals surface area contributed by atoms with E-state index in [0.29, 0.717) is 13.2 Å². The van der Waals surface area contributed by atoms with Gasteiger partial charge in [-0.1, -0.05) is 6.07 Å². The smallest absolute Gasteiger partial charge is 0.161 e. The van der Waals surface area contributed by atoms with Crippen LogP contribution in [0, 0.1) is 0 Å². The summed E-state index contributed by atoms with van der Waals surface area (Å²) in [5, 5.41) is 3.41. The van der Waals surface area contributed by atoms with Gasteiger partial charge in [0.05, 0.1) is 11.6 Å². The van der Waals surface area contributed by atoms with Gasteiger partial charge in [0.2, 0.25) is 0 Å². The molecule has 3 rings (SSSR count). The predicted octanol–water partition coefficient (Wildman–Crippen LogP) is 2.68. The minimum Gasteiger partial charge on any atom is -0.486 e. The van der Waals surface area contributed by atoms with Crippen molar-refractivity contribution in [3.63, 3.8) is 0 Å². The number of likely N-dealkylation sites (N-methyl/N-ethyl adjacent to an activating group) is 1. The van der Waals surface area contributed by atoms with Crippen molar-refractivity contribution in [2.24, 2.45) is 0 Å². The van der Waals surface area contributed by atoms with Crippen molar-refractivity contribution in [2.75, 3.05) is 26.9 Å². The first-order valence-electron chi connectivity index (χ1n) is 7.44. The summed E-state index contributed by atoms with van der Waals surface area (Å²) in [6, 6.07) is 6.36. The van der Waals surface area contributed by atoms with Crippen molar-refractivity contribution in [1.82, 2.24) is 5.32 Å². The van der Waals surface area contributed by atoms with Crippen LogP contribution in [-0.2, 0) is 4.74 Å². The van der Waals surface area contributed by atoms with E-state index in [1.54, 1.807) is 0 Å². The van der Waals surface area contributed by atoms with E-state index in [9.17, 15) is 0 Å². The minimum absolute atomic E-state index is 0.156. The number of benzene rings is 1. The van der Waals surface area contributed by atoms with Gasteiger partial charge in [0, 0.05) is 6.61 Å². The maximum atomic E-state index is 6.08. The molecule has 2 unspecified atom stereocenters. The molecule has 2 aliphatic rings. The zero-order valence-electron chi connectivity index (χ0n) is 12.3. The lowest BCUT2D eigenvalue weighted by atomic mass is 9.84. The number of hydrogen-bond acceptors (Lipinski definition) is 4. The molecule has 0 radical (unpaired) electrons. The highest BCUT2D eigenvalue weighted by atomic mass is 16.6. The molecule has 0 saturated carbocycles. The first-order valence-corrected chi connectivity index (χ1v) is 7.44. The summed E-state index contributed by atoms with van der Waals surface area (Å²) in [6.45, 7) is 4.29. The van der Waals surface area contributed by atoms with Gasteiger partial charge in [-0.15, -0.1) is 0 Å². The highest BCUT2D eigenvalue weighted by Crippen LogP contribution is 2.39. The van der Waals surface area contributed by atoms with Gasteiger partial charge < -0.3 is 19.5 Å². The molecule has 2 heterocycles. The second kappa shape index (κ2) is 5.62. The summed E-state index contributed by atoms with van der Waals surface area (Å²) in [4.78, 5) is 0. The molecule has 1 aromatic rings. The van der Waals surface area contributed by atoms with Crippen LogP contribution < -0.4 is 14.8 Å². The molecule has 1 saturated heterocycles. The van der Waals surface area contributed by atoms with E-state index in [2.05, 4.69) is 24.4 Å². The summed E-state index contributed by atoms with van der Waals surface area (Å²) in [7, 11) is 1.99. The lowest BCUT2D eigenvalue weighted by Gasteiger charge is -2.41. The molecule has 1 aromatic carbocycles. The second-order valence-corrected chi connectivity index (χ2v) is 5.74. The van der Waals surface area contributed by atoms with Gasteiger partial charge in [0.15, 0.2) is 11.5 Å².